The van der Waals surface area contributed by atoms with E-state index in [1.807, 2.05) is 13.8 Å². The number of sulfonamides is 1. The summed E-state index contributed by atoms with van der Waals surface area (Å²) in [6.45, 7) is 5.29. The van der Waals surface area contributed by atoms with E-state index in [0.717, 1.165) is 29.0 Å². The SMILES string of the molecule is CCCCNC(=O)C(CC)N(Cc1ccc(OC)cc1)C(=O)CN(c1cccc(C(C)=O)c1)S(C)(=O)=O. The van der Waals surface area contributed by atoms with Gasteiger partial charge in [-0.1, -0.05) is 44.5 Å². The van der Waals surface area contributed by atoms with Gasteiger partial charge < -0.3 is 15.0 Å². The van der Waals surface area contributed by atoms with Crippen molar-refractivity contribution < 1.29 is 27.5 Å². The molecule has 1 N–H and O–H groups in total. The van der Waals surface area contributed by atoms with Gasteiger partial charge in [0.2, 0.25) is 21.8 Å². The van der Waals surface area contributed by atoms with Crippen molar-refractivity contribution in [2.24, 2.45) is 0 Å². The number of unbranched alkanes of at least 4 members (excludes halogenated alkanes) is 1. The van der Waals surface area contributed by atoms with Crippen molar-refractivity contribution in [3.63, 3.8) is 0 Å². The molecular formula is C27H37N3O6S. The summed E-state index contributed by atoms with van der Waals surface area (Å²) in [5.74, 6) is -0.397. The first-order valence-electron chi connectivity index (χ1n) is 12.3. The molecule has 10 heteroatoms. The van der Waals surface area contributed by atoms with Gasteiger partial charge in [0.05, 0.1) is 19.1 Å². The number of benzene rings is 2. The number of hydrogen-bond acceptors (Lipinski definition) is 6. The maximum absolute atomic E-state index is 13.7. The summed E-state index contributed by atoms with van der Waals surface area (Å²) >= 11 is 0. The molecule has 0 fully saturated rings. The Kier molecular flexibility index (Phi) is 11.1. The van der Waals surface area contributed by atoms with Crippen LogP contribution in [0.3, 0.4) is 0 Å². The van der Waals surface area contributed by atoms with Crippen molar-refractivity contribution in [3.8, 4) is 5.75 Å². The summed E-state index contributed by atoms with van der Waals surface area (Å²) in [6, 6.07) is 12.4. The minimum atomic E-state index is -3.88. The molecule has 0 heterocycles. The van der Waals surface area contributed by atoms with E-state index in [0.29, 0.717) is 24.3 Å². The van der Waals surface area contributed by atoms with E-state index in [9.17, 15) is 22.8 Å². The molecule has 0 bridgehead atoms. The predicted octanol–water partition coefficient (Wildman–Crippen LogP) is 3.39. The van der Waals surface area contributed by atoms with E-state index in [1.165, 1.54) is 24.0 Å². The molecule has 0 radical (unpaired) electrons. The van der Waals surface area contributed by atoms with Crippen LogP contribution in [0.4, 0.5) is 5.69 Å². The Bertz CT molecular complexity index is 1180. The highest BCUT2D eigenvalue weighted by Gasteiger charge is 2.31. The summed E-state index contributed by atoms with van der Waals surface area (Å²) < 4.78 is 31.6. The second-order valence-electron chi connectivity index (χ2n) is 8.81. The van der Waals surface area contributed by atoms with Crippen molar-refractivity contribution >= 4 is 33.3 Å². The first-order chi connectivity index (χ1) is 17.5. The van der Waals surface area contributed by atoms with Crippen LogP contribution < -0.4 is 14.4 Å². The Hall–Kier alpha value is -3.40. The summed E-state index contributed by atoms with van der Waals surface area (Å²) in [5.41, 5.74) is 1.29. The lowest BCUT2D eigenvalue weighted by atomic mass is 10.1. The zero-order valence-corrected chi connectivity index (χ0v) is 23.0. The standard InChI is InChI=1S/C27H37N3O6S/c1-6-8-16-28-27(33)25(7-2)29(18-21-12-14-24(36-4)15-13-21)26(32)19-30(37(5,34)35)23-11-9-10-22(17-23)20(3)31/h9-15,17,25H,6-8,16,18-19H2,1-5H3,(H,28,33). The Balaban J connectivity index is 2.43. The number of Topliss-reactive ketones (excluding diaryl/α,β-unsaturated/α-hetero) is 1. The third-order valence-corrected chi connectivity index (χ3v) is 7.09. The molecule has 0 aromatic heterocycles. The first kappa shape index (κ1) is 29.8. The molecular weight excluding hydrogens is 494 g/mol. The molecule has 0 aliphatic heterocycles. The van der Waals surface area contributed by atoms with Gasteiger partial charge in [-0.15, -0.1) is 0 Å². The average molecular weight is 532 g/mol. The number of hydrogen-bond donors (Lipinski definition) is 1. The van der Waals surface area contributed by atoms with Crippen molar-refractivity contribution in [1.82, 2.24) is 10.2 Å². The van der Waals surface area contributed by atoms with E-state index in [2.05, 4.69) is 5.32 Å². The number of rotatable bonds is 14. The molecule has 2 amide bonds. The number of anilines is 1. The Labute approximate surface area is 219 Å². The molecule has 1 unspecified atom stereocenters. The molecule has 2 aromatic rings. The van der Waals surface area contributed by atoms with E-state index in [-0.39, 0.29) is 23.9 Å². The number of amides is 2. The van der Waals surface area contributed by atoms with Gasteiger partial charge in [0, 0.05) is 18.7 Å². The van der Waals surface area contributed by atoms with E-state index < -0.39 is 28.5 Å². The summed E-state index contributed by atoms with van der Waals surface area (Å²) in [6.07, 6.45) is 3.07. The van der Waals surface area contributed by atoms with Crippen LogP contribution in [-0.4, -0.2) is 63.4 Å². The molecule has 0 aliphatic rings. The highest BCUT2D eigenvalue weighted by molar-refractivity contribution is 7.92. The van der Waals surface area contributed by atoms with Crippen LogP contribution in [0.1, 0.15) is 56.0 Å². The number of ketones is 1. The molecule has 0 aliphatic carbocycles. The normalized spacial score (nSPS) is 11.9. The van der Waals surface area contributed by atoms with Gasteiger partial charge >= 0.3 is 0 Å². The fourth-order valence-corrected chi connectivity index (χ4v) is 4.69. The van der Waals surface area contributed by atoms with Gasteiger partial charge in [0.15, 0.2) is 5.78 Å². The summed E-state index contributed by atoms with van der Waals surface area (Å²) in [7, 11) is -2.33. The zero-order chi connectivity index (χ0) is 27.6. The maximum atomic E-state index is 13.7. The molecule has 9 nitrogen and oxygen atoms in total. The molecule has 2 aromatic carbocycles. The Morgan fingerprint density at radius 2 is 1.73 bits per heavy atom. The number of carbonyl (C=O) groups is 3. The highest BCUT2D eigenvalue weighted by Crippen LogP contribution is 2.22. The average Bonchev–Trinajstić information content (AvgIpc) is 2.86. The molecule has 0 saturated heterocycles. The summed E-state index contributed by atoms with van der Waals surface area (Å²) in [4.78, 5) is 40.0. The molecule has 1 atom stereocenters. The number of carbonyl (C=O) groups excluding carboxylic acids is 3. The quantitative estimate of drug-likeness (QED) is 0.295. The Morgan fingerprint density at radius 1 is 1.05 bits per heavy atom. The monoisotopic (exact) mass is 531 g/mol. The highest BCUT2D eigenvalue weighted by atomic mass is 32.2. The van der Waals surface area contributed by atoms with E-state index >= 15 is 0 Å². The fourth-order valence-electron chi connectivity index (χ4n) is 3.85. The van der Waals surface area contributed by atoms with Crippen LogP contribution in [-0.2, 0) is 26.2 Å². The Morgan fingerprint density at radius 3 is 2.27 bits per heavy atom. The largest absolute Gasteiger partial charge is 0.497 e. The lowest BCUT2D eigenvalue weighted by Crippen LogP contribution is -2.52. The van der Waals surface area contributed by atoms with Gasteiger partial charge in [0.1, 0.15) is 18.3 Å². The maximum Gasteiger partial charge on any atom is 0.244 e. The summed E-state index contributed by atoms with van der Waals surface area (Å²) in [5, 5.41) is 2.89. The van der Waals surface area contributed by atoms with Gasteiger partial charge in [-0.25, -0.2) is 8.42 Å². The van der Waals surface area contributed by atoms with Gasteiger partial charge in [-0.2, -0.15) is 0 Å². The van der Waals surface area contributed by atoms with Crippen molar-refractivity contribution in [2.45, 2.75) is 52.6 Å². The van der Waals surface area contributed by atoms with Crippen LogP contribution >= 0.6 is 0 Å². The van der Waals surface area contributed by atoms with Gasteiger partial charge in [0.25, 0.3) is 0 Å². The second-order valence-corrected chi connectivity index (χ2v) is 10.7. The molecule has 0 saturated carbocycles. The minimum absolute atomic E-state index is 0.105. The number of nitrogens with one attached hydrogen (secondary N) is 1. The number of methoxy groups -OCH3 is 1. The minimum Gasteiger partial charge on any atom is -0.497 e. The fraction of sp³-hybridized carbons (Fsp3) is 0.444. The number of ether oxygens (including phenoxy) is 1. The zero-order valence-electron chi connectivity index (χ0n) is 22.2. The molecule has 202 valence electrons. The van der Waals surface area contributed by atoms with Crippen LogP contribution in [0.25, 0.3) is 0 Å². The second kappa shape index (κ2) is 13.8. The lowest BCUT2D eigenvalue weighted by molar-refractivity contribution is -0.140. The van der Waals surface area contributed by atoms with Crippen molar-refractivity contribution in [3.05, 3.63) is 59.7 Å². The van der Waals surface area contributed by atoms with Gasteiger partial charge in [-0.3, -0.25) is 18.7 Å². The third-order valence-electron chi connectivity index (χ3n) is 5.95. The smallest absolute Gasteiger partial charge is 0.244 e. The van der Waals surface area contributed by atoms with E-state index in [4.69, 9.17) is 4.74 Å². The van der Waals surface area contributed by atoms with Crippen LogP contribution in [0.2, 0.25) is 0 Å². The van der Waals surface area contributed by atoms with Crippen LogP contribution in [0.15, 0.2) is 48.5 Å². The van der Waals surface area contributed by atoms with Crippen LogP contribution in [0.5, 0.6) is 5.75 Å². The topological polar surface area (TPSA) is 113 Å². The molecule has 0 spiro atoms. The van der Waals surface area contributed by atoms with Crippen molar-refractivity contribution in [2.75, 3.05) is 30.8 Å². The third kappa shape index (κ3) is 8.59. The number of nitrogens with zero attached hydrogens (tertiary/aromatic N) is 2. The van der Waals surface area contributed by atoms with Crippen LogP contribution in [0, 0.1) is 0 Å². The molecule has 2 rings (SSSR count). The van der Waals surface area contributed by atoms with Gasteiger partial charge in [-0.05, 0) is 49.6 Å². The molecule has 37 heavy (non-hydrogen) atoms. The van der Waals surface area contributed by atoms with E-state index in [1.54, 1.807) is 43.5 Å². The predicted molar refractivity (Wildman–Crippen MR) is 144 cm³/mol. The van der Waals surface area contributed by atoms with Crippen molar-refractivity contribution in [1.29, 1.82) is 0 Å². The first-order valence-corrected chi connectivity index (χ1v) is 14.1. The lowest BCUT2D eigenvalue weighted by Gasteiger charge is -2.33.